The number of imidazole rings is 1. The number of carbonyl (C=O) groups is 1. The van der Waals surface area contributed by atoms with Crippen LogP contribution in [0.4, 0.5) is 0 Å². The van der Waals surface area contributed by atoms with Crippen LogP contribution in [0.5, 0.6) is 5.75 Å². The van der Waals surface area contributed by atoms with E-state index in [0.29, 0.717) is 6.42 Å². The van der Waals surface area contributed by atoms with Gasteiger partial charge in [0, 0.05) is 12.6 Å². The third-order valence-corrected chi connectivity index (χ3v) is 6.45. The number of hydrogen-bond acceptors (Lipinski definition) is 5. The first-order valence-corrected chi connectivity index (χ1v) is 11.4. The maximum Gasteiger partial charge on any atom is 0.253 e. The van der Waals surface area contributed by atoms with E-state index >= 15 is 0 Å². The number of rotatable bonds is 6. The molecule has 0 bridgehead atoms. The van der Waals surface area contributed by atoms with Crippen molar-refractivity contribution >= 4 is 28.9 Å². The molecule has 3 heterocycles. The summed E-state index contributed by atoms with van der Waals surface area (Å²) in [6.07, 6.45) is 4.43. The van der Waals surface area contributed by atoms with Crippen LogP contribution in [-0.2, 0) is 4.79 Å². The lowest BCUT2D eigenvalue weighted by Gasteiger charge is -2.22. The minimum absolute atomic E-state index is 0.0468. The zero-order chi connectivity index (χ0) is 21.9. The van der Waals surface area contributed by atoms with Gasteiger partial charge in [0.05, 0.1) is 36.3 Å². The number of thioether (sulfide) groups is 1. The second-order valence-corrected chi connectivity index (χ2v) is 8.41. The normalized spacial score (nSPS) is 15.7. The molecule has 6 nitrogen and oxygen atoms in total. The molecule has 1 unspecified atom stereocenters. The molecular weight excluding hydrogens is 420 g/mol. The van der Waals surface area contributed by atoms with E-state index in [0.717, 1.165) is 33.3 Å². The minimum Gasteiger partial charge on any atom is -0.497 e. The van der Waals surface area contributed by atoms with E-state index in [9.17, 15) is 4.79 Å². The maximum atomic E-state index is 13.3. The second-order valence-electron chi connectivity index (χ2n) is 7.47. The van der Waals surface area contributed by atoms with Gasteiger partial charge in [0.1, 0.15) is 5.75 Å². The largest absolute Gasteiger partial charge is 0.497 e. The third-order valence-electron chi connectivity index (χ3n) is 5.50. The van der Waals surface area contributed by atoms with E-state index in [1.165, 1.54) is 11.8 Å². The first kappa shape index (κ1) is 20.3. The Morgan fingerprint density at radius 1 is 1.06 bits per heavy atom. The predicted octanol–water partition coefficient (Wildman–Crippen LogP) is 4.81. The third kappa shape index (κ3) is 3.99. The van der Waals surface area contributed by atoms with Crippen LogP contribution in [0.3, 0.4) is 0 Å². The van der Waals surface area contributed by atoms with E-state index in [-0.39, 0.29) is 17.7 Å². The van der Waals surface area contributed by atoms with Gasteiger partial charge in [-0.15, -0.1) is 0 Å². The summed E-state index contributed by atoms with van der Waals surface area (Å²) in [6.45, 7) is 0. The summed E-state index contributed by atoms with van der Waals surface area (Å²) in [5.41, 5.74) is 3.98. The van der Waals surface area contributed by atoms with Gasteiger partial charge in [-0.1, -0.05) is 60.3 Å². The number of fused-ring (bicyclic) bond motifs is 1. The zero-order valence-corrected chi connectivity index (χ0v) is 18.4. The highest BCUT2D eigenvalue weighted by molar-refractivity contribution is 7.99. The van der Waals surface area contributed by atoms with Crippen molar-refractivity contribution in [1.29, 1.82) is 0 Å². The molecule has 5 rings (SSSR count). The zero-order valence-electron chi connectivity index (χ0n) is 17.6. The summed E-state index contributed by atoms with van der Waals surface area (Å²) in [7, 11) is 1.65. The molecule has 1 amide bonds. The van der Waals surface area contributed by atoms with Crippen molar-refractivity contribution in [3.05, 3.63) is 96.3 Å². The fraction of sp³-hybridized carbons (Fsp3) is 0.160. The van der Waals surface area contributed by atoms with Gasteiger partial charge in [-0.05, 0) is 35.4 Å². The van der Waals surface area contributed by atoms with Crippen molar-refractivity contribution in [2.75, 3.05) is 12.9 Å². The molecule has 7 heteroatoms. The summed E-state index contributed by atoms with van der Waals surface area (Å²) in [6, 6.07) is 23.6. The molecule has 1 aliphatic heterocycles. The Bertz CT molecular complexity index is 1270. The maximum absolute atomic E-state index is 13.3. The fourth-order valence-electron chi connectivity index (χ4n) is 3.85. The second kappa shape index (κ2) is 8.88. The smallest absolute Gasteiger partial charge is 0.253 e. The molecule has 0 saturated heterocycles. The molecule has 2 aromatic carbocycles. The van der Waals surface area contributed by atoms with E-state index < -0.39 is 0 Å². The van der Waals surface area contributed by atoms with Crippen molar-refractivity contribution < 1.29 is 9.53 Å². The Kier molecular flexibility index (Phi) is 5.64. The van der Waals surface area contributed by atoms with Crippen LogP contribution in [0.2, 0.25) is 0 Å². The number of pyridine rings is 1. The summed E-state index contributed by atoms with van der Waals surface area (Å²) < 4.78 is 7.28. The molecule has 0 saturated carbocycles. The molecule has 0 N–H and O–H groups in total. The highest BCUT2D eigenvalue weighted by Crippen LogP contribution is 2.34. The fourth-order valence-corrected chi connectivity index (χ4v) is 4.67. The SMILES string of the molecule is COc1ccc(C2CC(c3ccccc3)=NN2C(=O)CSc2ncc3ccccn23)cc1. The van der Waals surface area contributed by atoms with Gasteiger partial charge in [-0.25, -0.2) is 9.99 Å². The summed E-state index contributed by atoms with van der Waals surface area (Å²) in [5.74, 6) is 0.997. The molecule has 0 fully saturated rings. The first-order valence-electron chi connectivity index (χ1n) is 10.4. The summed E-state index contributed by atoms with van der Waals surface area (Å²) in [5, 5.41) is 7.17. The van der Waals surface area contributed by atoms with Gasteiger partial charge in [0.2, 0.25) is 0 Å². The van der Waals surface area contributed by atoms with E-state index in [2.05, 4.69) is 4.98 Å². The molecule has 1 atom stereocenters. The Morgan fingerprint density at radius 3 is 2.62 bits per heavy atom. The van der Waals surface area contributed by atoms with Gasteiger partial charge >= 0.3 is 0 Å². The highest BCUT2D eigenvalue weighted by atomic mass is 32.2. The van der Waals surface area contributed by atoms with Gasteiger partial charge in [0.25, 0.3) is 5.91 Å². The van der Waals surface area contributed by atoms with Gasteiger partial charge < -0.3 is 4.74 Å². The van der Waals surface area contributed by atoms with Crippen LogP contribution in [0.25, 0.3) is 5.52 Å². The molecule has 0 spiro atoms. The Balaban J connectivity index is 1.40. The lowest BCUT2D eigenvalue weighted by atomic mass is 9.98. The molecule has 0 aliphatic carbocycles. The van der Waals surface area contributed by atoms with Crippen LogP contribution in [0, 0.1) is 0 Å². The van der Waals surface area contributed by atoms with Gasteiger partial charge in [-0.3, -0.25) is 9.20 Å². The Morgan fingerprint density at radius 2 is 1.84 bits per heavy atom. The predicted molar refractivity (Wildman–Crippen MR) is 126 cm³/mol. The van der Waals surface area contributed by atoms with E-state index in [1.807, 2.05) is 89.6 Å². The lowest BCUT2D eigenvalue weighted by molar-refractivity contribution is -0.130. The number of methoxy groups -OCH3 is 1. The molecule has 1 aliphatic rings. The number of amides is 1. The number of ether oxygens (including phenoxy) is 1. The van der Waals surface area contributed by atoms with Gasteiger partial charge in [0.15, 0.2) is 5.16 Å². The lowest BCUT2D eigenvalue weighted by Crippen LogP contribution is -2.28. The molecule has 4 aromatic rings. The van der Waals surface area contributed by atoms with Crippen molar-refractivity contribution in [2.45, 2.75) is 17.6 Å². The Hall–Kier alpha value is -3.58. The van der Waals surface area contributed by atoms with E-state index in [4.69, 9.17) is 9.84 Å². The van der Waals surface area contributed by atoms with Crippen molar-refractivity contribution in [1.82, 2.24) is 14.4 Å². The van der Waals surface area contributed by atoms with Crippen molar-refractivity contribution in [2.24, 2.45) is 5.10 Å². The van der Waals surface area contributed by atoms with Gasteiger partial charge in [-0.2, -0.15) is 5.10 Å². The molecule has 0 radical (unpaired) electrons. The first-order chi connectivity index (χ1) is 15.7. The van der Waals surface area contributed by atoms with Crippen LogP contribution < -0.4 is 4.74 Å². The summed E-state index contributed by atoms with van der Waals surface area (Å²) in [4.78, 5) is 17.8. The number of hydrogen-bond donors (Lipinski definition) is 0. The average molecular weight is 443 g/mol. The van der Waals surface area contributed by atoms with E-state index in [1.54, 1.807) is 12.1 Å². The monoisotopic (exact) mass is 442 g/mol. The number of hydrazone groups is 1. The highest BCUT2D eigenvalue weighted by Gasteiger charge is 2.33. The van der Waals surface area contributed by atoms with Crippen LogP contribution in [0.1, 0.15) is 23.6 Å². The topological polar surface area (TPSA) is 59.2 Å². The molecular formula is C25H22N4O2S. The molecule has 160 valence electrons. The summed E-state index contributed by atoms with van der Waals surface area (Å²) >= 11 is 1.42. The molecule has 2 aromatic heterocycles. The Labute approximate surface area is 190 Å². The number of carbonyl (C=O) groups excluding carboxylic acids is 1. The quantitative estimate of drug-likeness (QED) is 0.402. The number of benzene rings is 2. The minimum atomic E-state index is -0.152. The van der Waals surface area contributed by atoms with Crippen molar-refractivity contribution in [3.8, 4) is 5.75 Å². The van der Waals surface area contributed by atoms with Crippen LogP contribution >= 0.6 is 11.8 Å². The standard InChI is InChI=1S/C25H22N4O2S/c1-31-21-12-10-19(11-13-21)23-15-22(18-7-3-2-4-8-18)27-29(23)24(30)17-32-25-26-16-20-9-5-6-14-28(20)25/h2-14,16,23H,15,17H2,1H3. The van der Waals surface area contributed by atoms with Crippen molar-refractivity contribution in [3.63, 3.8) is 0 Å². The number of aromatic nitrogens is 2. The number of nitrogens with zero attached hydrogens (tertiary/aromatic N) is 4. The van der Waals surface area contributed by atoms with Crippen LogP contribution in [0.15, 0.2) is 95.4 Å². The average Bonchev–Trinajstić information content (AvgIpc) is 3.48. The molecule has 32 heavy (non-hydrogen) atoms. The van der Waals surface area contributed by atoms with Crippen LogP contribution in [-0.4, -0.2) is 38.9 Å².